The average Bonchev–Trinajstić information content (AvgIpc) is 2.82. The van der Waals surface area contributed by atoms with Crippen LogP contribution >= 0.6 is 15.9 Å². The van der Waals surface area contributed by atoms with Crippen LogP contribution in [0.5, 0.6) is 11.5 Å². The number of ether oxygens (including phenoxy) is 2. The summed E-state index contributed by atoms with van der Waals surface area (Å²) in [6.45, 7) is 2.89. The molecule has 21 heavy (non-hydrogen) atoms. The summed E-state index contributed by atoms with van der Waals surface area (Å²) in [4.78, 5) is 11.1. The Bertz CT molecular complexity index is 739. The van der Waals surface area contributed by atoms with Crippen LogP contribution in [-0.4, -0.2) is 34.1 Å². The van der Waals surface area contributed by atoms with Gasteiger partial charge < -0.3 is 14.6 Å². The molecule has 1 aliphatic rings. The second kappa shape index (κ2) is 5.07. The van der Waals surface area contributed by atoms with Gasteiger partial charge in [0.25, 0.3) is 0 Å². The Kier molecular flexibility index (Phi) is 3.36. The van der Waals surface area contributed by atoms with Gasteiger partial charge in [0.15, 0.2) is 17.2 Å². The Morgan fingerprint density at radius 2 is 2.10 bits per heavy atom. The third kappa shape index (κ3) is 2.27. The van der Waals surface area contributed by atoms with E-state index in [9.17, 15) is 4.79 Å². The highest BCUT2D eigenvalue weighted by Gasteiger charge is 2.24. The minimum atomic E-state index is -1.06. The van der Waals surface area contributed by atoms with E-state index >= 15 is 0 Å². The molecule has 2 heterocycles. The van der Waals surface area contributed by atoms with Gasteiger partial charge in [0.05, 0.1) is 5.69 Å². The predicted molar refractivity (Wildman–Crippen MR) is 79.0 cm³/mol. The van der Waals surface area contributed by atoms with Crippen molar-refractivity contribution in [1.29, 1.82) is 0 Å². The van der Waals surface area contributed by atoms with Crippen molar-refractivity contribution in [3.05, 3.63) is 27.9 Å². The summed E-state index contributed by atoms with van der Waals surface area (Å²) in [6.07, 6.45) is 0. The molecular formula is C14H13BrN2O4. The first kappa shape index (κ1) is 13.9. The SMILES string of the molecule is Cc1c(Br)cc2c(c1-c1cc(C(=O)O)nn1C)OCCO2. The topological polar surface area (TPSA) is 73.6 Å². The van der Waals surface area contributed by atoms with Gasteiger partial charge in [-0.25, -0.2) is 4.79 Å². The highest BCUT2D eigenvalue weighted by Crippen LogP contribution is 2.45. The average molecular weight is 353 g/mol. The van der Waals surface area contributed by atoms with E-state index < -0.39 is 5.97 Å². The number of carboxylic acids is 1. The first-order chi connectivity index (χ1) is 9.99. The first-order valence-corrected chi connectivity index (χ1v) is 7.14. The molecule has 1 N–H and O–H groups in total. The van der Waals surface area contributed by atoms with Crippen molar-refractivity contribution < 1.29 is 19.4 Å². The molecule has 0 radical (unpaired) electrons. The number of halogens is 1. The molecule has 0 saturated heterocycles. The summed E-state index contributed by atoms with van der Waals surface area (Å²) < 4.78 is 13.8. The number of aromatic nitrogens is 2. The summed E-state index contributed by atoms with van der Waals surface area (Å²) in [7, 11) is 1.71. The molecule has 0 saturated carbocycles. The fourth-order valence-electron chi connectivity index (χ4n) is 2.36. The van der Waals surface area contributed by atoms with Gasteiger partial charge in [-0.1, -0.05) is 15.9 Å². The zero-order valence-electron chi connectivity index (χ0n) is 11.5. The highest BCUT2D eigenvalue weighted by molar-refractivity contribution is 9.10. The molecule has 0 aliphatic carbocycles. The van der Waals surface area contributed by atoms with Crippen LogP contribution in [0, 0.1) is 6.92 Å². The lowest BCUT2D eigenvalue weighted by Crippen LogP contribution is -2.16. The number of nitrogens with zero attached hydrogens (tertiary/aromatic N) is 2. The van der Waals surface area contributed by atoms with Crippen LogP contribution in [0.4, 0.5) is 0 Å². The number of carboxylic acid groups (broad SMARTS) is 1. The number of aryl methyl sites for hydroxylation is 1. The summed E-state index contributed by atoms with van der Waals surface area (Å²) in [5.41, 5.74) is 2.41. The second-order valence-corrected chi connectivity index (χ2v) is 5.58. The van der Waals surface area contributed by atoms with Crippen LogP contribution in [0.3, 0.4) is 0 Å². The minimum Gasteiger partial charge on any atom is -0.486 e. The van der Waals surface area contributed by atoms with E-state index in [2.05, 4.69) is 21.0 Å². The molecule has 0 amide bonds. The van der Waals surface area contributed by atoms with Crippen LogP contribution < -0.4 is 9.47 Å². The summed E-state index contributed by atoms with van der Waals surface area (Å²) in [6, 6.07) is 3.40. The monoisotopic (exact) mass is 352 g/mol. The standard InChI is InChI=1S/C14H13BrN2O4/c1-7-8(15)5-11-13(21-4-3-20-11)12(7)10-6-9(14(18)19)16-17(10)2/h5-6H,3-4H2,1-2H3,(H,18,19). The van der Waals surface area contributed by atoms with Crippen LogP contribution in [0.25, 0.3) is 11.3 Å². The third-order valence-corrected chi connectivity index (χ3v) is 4.21. The molecule has 110 valence electrons. The third-order valence-electron chi connectivity index (χ3n) is 3.38. The van der Waals surface area contributed by atoms with Gasteiger partial charge in [0.2, 0.25) is 0 Å². The van der Waals surface area contributed by atoms with Crippen molar-refractivity contribution in [3.8, 4) is 22.8 Å². The van der Waals surface area contributed by atoms with Gasteiger partial charge in [0, 0.05) is 17.1 Å². The highest BCUT2D eigenvalue weighted by atomic mass is 79.9. The number of benzene rings is 1. The largest absolute Gasteiger partial charge is 0.486 e. The number of hydrogen-bond acceptors (Lipinski definition) is 4. The van der Waals surface area contributed by atoms with Crippen molar-refractivity contribution >= 4 is 21.9 Å². The van der Waals surface area contributed by atoms with E-state index in [4.69, 9.17) is 14.6 Å². The van der Waals surface area contributed by atoms with Gasteiger partial charge in [-0.2, -0.15) is 5.10 Å². The molecule has 1 aliphatic heterocycles. The number of rotatable bonds is 2. The van der Waals surface area contributed by atoms with Crippen molar-refractivity contribution in [2.45, 2.75) is 6.92 Å². The lowest BCUT2D eigenvalue weighted by Gasteiger charge is -2.23. The molecule has 0 unspecified atom stereocenters. The van der Waals surface area contributed by atoms with Gasteiger partial charge in [-0.15, -0.1) is 0 Å². The van der Waals surface area contributed by atoms with E-state index in [0.717, 1.165) is 15.6 Å². The zero-order chi connectivity index (χ0) is 15.1. The fraction of sp³-hybridized carbons (Fsp3) is 0.286. The molecular weight excluding hydrogens is 340 g/mol. The number of aromatic carboxylic acids is 1. The van der Waals surface area contributed by atoms with Gasteiger partial charge in [0.1, 0.15) is 13.2 Å². The predicted octanol–water partition coefficient (Wildman–Crippen LogP) is 2.63. The molecule has 3 rings (SSSR count). The maximum atomic E-state index is 11.1. The summed E-state index contributed by atoms with van der Waals surface area (Å²) in [5, 5.41) is 13.1. The molecule has 0 atom stereocenters. The van der Waals surface area contributed by atoms with E-state index in [1.165, 1.54) is 10.7 Å². The molecule has 2 aromatic rings. The van der Waals surface area contributed by atoms with Gasteiger partial charge in [-0.05, 0) is 24.6 Å². The number of carbonyl (C=O) groups is 1. The Labute approximate surface area is 129 Å². The Balaban J connectivity index is 2.26. The van der Waals surface area contributed by atoms with Crippen LogP contribution in [0.1, 0.15) is 16.1 Å². The molecule has 6 nitrogen and oxygen atoms in total. The smallest absolute Gasteiger partial charge is 0.356 e. The van der Waals surface area contributed by atoms with Gasteiger partial charge in [-0.3, -0.25) is 4.68 Å². The normalized spacial score (nSPS) is 13.3. The maximum absolute atomic E-state index is 11.1. The molecule has 1 aromatic heterocycles. The quantitative estimate of drug-likeness (QED) is 0.899. The minimum absolute atomic E-state index is 0.00245. The van der Waals surface area contributed by atoms with Crippen molar-refractivity contribution in [2.75, 3.05) is 13.2 Å². The van der Waals surface area contributed by atoms with Gasteiger partial charge >= 0.3 is 5.97 Å². The molecule has 0 spiro atoms. The van der Waals surface area contributed by atoms with E-state index in [1.54, 1.807) is 7.05 Å². The number of fused-ring (bicyclic) bond motifs is 1. The first-order valence-electron chi connectivity index (χ1n) is 6.35. The van der Waals surface area contributed by atoms with Crippen molar-refractivity contribution in [1.82, 2.24) is 9.78 Å². The Morgan fingerprint density at radius 3 is 2.76 bits per heavy atom. The van der Waals surface area contributed by atoms with E-state index in [0.29, 0.717) is 30.4 Å². The van der Waals surface area contributed by atoms with E-state index in [1.807, 2.05) is 13.0 Å². The molecule has 7 heteroatoms. The summed E-state index contributed by atoms with van der Waals surface area (Å²) >= 11 is 3.50. The molecule has 1 aromatic carbocycles. The second-order valence-electron chi connectivity index (χ2n) is 4.73. The molecule has 0 fully saturated rings. The van der Waals surface area contributed by atoms with Crippen LogP contribution in [0.15, 0.2) is 16.6 Å². The Morgan fingerprint density at radius 1 is 1.38 bits per heavy atom. The zero-order valence-corrected chi connectivity index (χ0v) is 13.1. The number of hydrogen-bond donors (Lipinski definition) is 1. The van der Waals surface area contributed by atoms with Crippen LogP contribution in [0.2, 0.25) is 0 Å². The lowest BCUT2D eigenvalue weighted by atomic mass is 10.0. The fourth-order valence-corrected chi connectivity index (χ4v) is 2.77. The van der Waals surface area contributed by atoms with E-state index in [-0.39, 0.29) is 5.69 Å². The van der Waals surface area contributed by atoms with Crippen molar-refractivity contribution in [2.24, 2.45) is 7.05 Å². The molecule has 0 bridgehead atoms. The maximum Gasteiger partial charge on any atom is 0.356 e. The summed E-state index contributed by atoms with van der Waals surface area (Å²) in [5.74, 6) is 0.212. The van der Waals surface area contributed by atoms with Crippen LogP contribution in [-0.2, 0) is 7.05 Å². The van der Waals surface area contributed by atoms with Crippen molar-refractivity contribution in [3.63, 3.8) is 0 Å². The Hall–Kier alpha value is -2.02. The lowest BCUT2D eigenvalue weighted by molar-refractivity contribution is 0.0689.